The molecule has 0 aliphatic heterocycles. The van der Waals surface area contributed by atoms with E-state index < -0.39 is 12.1 Å². The summed E-state index contributed by atoms with van der Waals surface area (Å²) in [4.78, 5) is 12.3. The van der Waals surface area contributed by atoms with Gasteiger partial charge in [-0.05, 0) is 64.2 Å². The number of allylic oxidation sites excluding steroid dienone is 12. The standard InChI is InChI=1S/C41H71NO3/c1-3-5-7-9-11-13-15-17-18-19-20-21-22-23-24-25-27-29-31-33-35-37-41(45)42-39(38-43)40(44)36-34-32-30-28-26-16-14-12-10-8-6-4-2/h5,7,11,13,17-18,20-21,23-24,27,29,39-40,43-44H,3-4,6,8-10,12,14-16,19,22,25-26,28,30-38H2,1-2H3,(H,42,45)/b7-5-,13-11-,18-17-,21-20-,24-23-,29-27-. The molecule has 2 unspecified atom stereocenters. The number of aliphatic hydroxyl groups is 2. The SMILES string of the molecule is CC/C=C\C/C=C\C/C=C\C/C=C\C/C=C\C/C=C\CCCCC(=O)NC(CO)C(O)CCCCCCCCCCCCCC. The number of carbonyl (C=O) groups excluding carboxylic acids is 1. The molecule has 0 heterocycles. The third kappa shape index (κ3) is 33.0. The molecule has 3 N–H and O–H groups in total. The Morgan fingerprint density at radius 1 is 0.556 bits per heavy atom. The molecule has 0 spiro atoms. The van der Waals surface area contributed by atoms with Crippen molar-refractivity contribution in [3.63, 3.8) is 0 Å². The molecule has 0 aromatic carbocycles. The van der Waals surface area contributed by atoms with Crippen LogP contribution in [0.15, 0.2) is 72.9 Å². The maximum Gasteiger partial charge on any atom is 0.220 e. The van der Waals surface area contributed by atoms with Crippen LogP contribution in [0.2, 0.25) is 0 Å². The highest BCUT2D eigenvalue weighted by Gasteiger charge is 2.19. The number of amides is 1. The molecule has 0 aliphatic rings. The third-order valence-corrected chi connectivity index (χ3v) is 7.98. The molecular weight excluding hydrogens is 554 g/mol. The van der Waals surface area contributed by atoms with E-state index in [-0.39, 0.29) is 12.5 Å². The topological polar surface area (TPSA) is 69.6 Å². The van der Waals surface area contributed by atoms with Crippen molar-refractivity contribution in [1.29, 1.82) is 0 Å². The van der Waals surface area contributed by atoms with Gasteiger partial charge in [0.1, 0.15) is 0 Å². The molecule has 0 saturated heterocycles. The molecule has 258 valence electrons. The van der Waals surface area contributed by atoms with E-state index in [9.17, 15) is 15.0 Å². The summed E-state index contributed by atoms with van der Waals surface area (Å²) in [5.41, 5.74) is 0. The lowest BCUT2D eigenvalue weighted by molar-refractivity contribution is -0.123. The second-order valence-electron chi connectivity index (χ2n) is 12.3. The van der Waals surface area contributed by atoms with Gasteiger partial charge < -0.3 is 15.5 Å². The monoisotopic (exact) mass is 626 g/mol. The molecule has 0 aromatic heterocycles. The number of rotatable bonds is 32. The molecule has 0 aromatic rings. The Kier molecular flexibility index (Phi) is 34.5. The first kappa shape index (κ1) is 42.8. The van der Waals surface area contributed by atoms with Crippen LogP contribution in [0.25, 0.3) is 0 Å². The summed E-state index contributed by atoms with van der Waals surface area (Å²) < 4.78 is 0. The Balaban J connectivity index is 3.73. The zero-order valence-electron chi connectivity index (χ0n) is 29.4. The Morgan fingerprint density at radius 2 is 0.978 bits per heavy atom. The van der Waals surface area contributed by atoms with E-state index in [1.165, 1.54) is 64.2 Å². The normalized spacial score (nSPS) is 14.0. The minimum Gasteiger partial charge on any atom is -0.394 e. The van der Waals surface area contributed by atoms with Crippen molar-refractivity contribution < 1.29 is 15.0 Å². The summed E-state index contributed by atoms with van der Waals surface area (Å²) in [5.74, 6) is -0.0782. The average molecular weight is 626 g/mol. The van der Waals surface area contributed by atoms with Gasteiger partial charge in [0.05, 0.1) is 18.8 Å². The lowest BCUT2D eigenvalue weighted by Gasteiger charge is -2.22. The van der Waals surface area contributed by atoms with Crippen LogP contribution in [0, 0.1) is 0 Å². The lowest BCUT2D eigenvalue weighted by atomic mass is 10.0. The Morgan fingerprint density at radius 3 is 1.42 bits per heavy atom. The van der Waals surface area contributed by atoms with E-state index in [4.69, 9.17) is 0 Å². The van der Waals surface area contributed by atoms with E-state index in [1.54, 1.807) is 0 Å². The quantitative estimate of drug-likeness (QED) is 0.0514. The zero-order chi connectivity index (χ0) is 32.9. The predicted octanol–water partition coefficient (Wildman–Crippen LogP) is 11.2. The molecule has 0 aliphatic carbocycles. The molecule has 0 rings (SSSR count). The van der Waals surface area contributed by atoms with Crippen LogP contribution in [-0.4, -0.2) is 34.9 Å². The highest BCUT2D eigenvalue weighted by Crippen LogP contribution is 2.14. The number of nitrogens with one attached hydrogen (secondary N) is 1. The van der Waals surface area contributed by atoms with Gasteiger partial charge in [-0.15, -0.1) is 0 Å². The van der Waals surface area contributed by atoms with E-state index in [1.807, 2.05) is 0 Å². The van der Waals surface area contributed by atoms with E-state index in [2.05, 4.69) is 92.1 Å². The Labute approximate surface area is 278 Å². The van der Waals surface area contributed by atoms with Gasteiger partial charge in [-0.1, -0.05) is 164 Å². The van der Waals surface area contributed by atoms with Gasteiger partial charge in [0, 0.05) is 6.42 Å². The van der Waals surface area contributed by atoms with Gasteiger partial charge in [-0.25, -0.2) is 0 Å². The minimum absolute atomic E-state index is 0.0782. The summed E-state index contributed by atoms with van der Waals surface area (Å²) in [6.45, 7) is 4.20. The molecule has 0 bridgehead atoms. The second kappa shape index (κ2) is 36.3. The molecule has 2 atom stereocenters. The maximum atomic E-state index is 12.3. The van der Waals surface area contributed by atoms with Gasteiger partial charge in [-0.3, -0.25) is 4.79 Å². The smallest absolute Gasteiger partial charge is 0.220 e. The van der Waals surface area contributed by atoms with Gasteiger partial charge in [-0.2, -0.15) is 0 Å². The average Bonchev–Trinajstić information content (AvgIpc) is 3.04. The Hall–Kier alpha value is -2.17. The fraction of sp³-hybridized carbons (Fsp3) is 0.683. The van der Waals surface area contributed by atoms with Crippen LogP contribution < -0.4 is 5.32 Å². The van der Waals surface area contributed by atoms with Crippen molar-refractivity contribution in [3.8, 4) is 0 Å². The molecule has 45 heavy (non-hydrogen) atoms. The molecule has 0 fully saturated rings. The van der Waals surface area contributed by atoms with Crippen molar-refractivity contribution in [2.45, 2.75) is 174 Å². The van der Waals surface area contributed by atoms with Crippen LogP contribution >= 0.6 is 0 Å². The van der Waals surface area contributed by atoms with E-state index >= 15 is 0 Å². The van der Waals surface area contributed by atoms with E-state index in [0.29, 0.717) is 12.8 Å². The van der Waals surface area contributed by atoms with Crippen LogP contribution in [0.5, 0.6) is 0 Å². The zero-order valence-corrected chi connectivity index (χ0v) is 29.4. The molecule has 0 saturated carbocycles. The van der Waals surface area contributed by atoms with Crippen molar-refractivity contribution >= 4 is 5.91 Å². The predicted molar refractivity (Wildman–Crippen MR) is 197 cm³/mol. The third-order valence-electron chi connectivity index (χ3n) is 7.98. The molecule has 4 heteroatoms. The first-order valence-electron chi connectivity index (χ1n) is 18.6. The van der Waals surface area contributed by atoms with Gasteiger partial charge in [0.15, 0.2) is 0 Å². The fourth-order valence-corrected chi connectivity index (χ4v) is 5.13. The summed E-state index contributed by atoms with van der Waals surface area (Å²) >= 11 is 0. The maximum absolute atomic E-state index is 12.3. The fourth-order valence-electron chi connectivity index (χ4n) is 5.13. The number of carbonyl (C=O) groups is 1. The molecular formula is C41H71NO3. The van der Waals surface area contributed by atoms with Gasteiger partial charge in [0.2, 0.25) is 5.91 Å². The van der Waals surface area contributed by atoms with Crippen LogP contribution in [0.3, 0.4) is 0 Å². The lowest BCUT2D eigenvalue weighted by Crippen LogP contribution is -2.45. The van der Waals surface area contributed by atoms with Crippen molar-refractivity contribution in [3.05, 3.63) is 72.9 Å². The van der Waals surface area contributed by atoms with E-state index in [0.717, 1.165) is 70.6 Å². The van der Waals surface area contributed by atoms with Crippen LogP contribution in [-0.2, 0) is 4.79 Å². The minimum atomic E-state index is -0.680. The van der Waals surface area contributed by atoms with Gasteiger partial charge >= 0.3 is 0 Å². The van der Waals surface area contributed by atoms with Crippen molar-refractivity contribution in [1.82, 2.24) is 5.32 Å². The van der Waals surface area contributed by atoms with Crippen molar-refractivity contribution in [2.24, 2.45) is 0 Å². The number of aliphatic hydroxyl groups excluding tert-OH is 2. The van der Waals surface area contributed by atoms with Crippen LogP contribution in [0.1, 0.15) is 162 Å². The number of unbranched alkanes of at least 4 members (excludes halogenated alkanes) is 13. The second-order valence-corrected chi connectivity index (χ2v) is 12.3. The highest BCUT2D eigenvalue weighted by atomic mass is 16.3. The molecule has 4 nitrogen and oxygen atoms in total. The number of hydrogen-bond donors (Lipinski definition) is 3. The largest absolute Gasteiger partial charge is 0.394 e. The molecule has 0 radical (unpaired) electrons. The highest BCUT2D eigenvalue weighted by molar-refractivity contribution is 5.76. The van der Waals surface area contributed by atoms with Crippen LogP contribution in [0.4, 0.5) is 0 Å². The summed E-state index contributed by atoms with van der Waals surface area (Å²) in [6, 6.07) is -0.562. The summed E-state index contributed by atoms with van der Waals surface area (Å²) in [6.07, 6.45) is 51.0. The summed E-state index contributed by atoms with van der Waals surface area (Å²) in [5, 5.41) is 23.0. The van der Waals surface area contributed by atoms with Gasteiger partial charge in [0.25, 0.3) is 0 Å². The Bertz CT molecular complexity index is 808. The summed E-state index contributed by atoms with van der Waals surface area (Å²) in [7, 11) is 0. The van der Waals surface area contributed by atoms with Crippen molar-refractivity contribution in [2.75, 3.05) is 6.61 Å². The first-order valence-corrected chi connectivity index (χ1v) is 18.6. The first-order chi connectivity index (χ1) is 22.2. The molecule has 1 amide bonds. The number of hydrogen-bond acceptors (Lipinski definition) is 3.